The summed E-state index contributed by atoms with van der Waals surface area (Å²) in [4.78, 5) is 31.9. The number of hydrogen-bond acceptors (Lipinski definition) is 6. The third-order valence-electron chi connectivity index (χ3n) is 1.61. The molecule has 1 unspecified atom stereocenters. The van der Waals surface area contributed by atoms with Gasteiger partial charge in [0.25, 0.3) is 0 Å². The van der Waals surface area contributed by atoms with Crippen LogP contribution in [-0.4, -0.2) is 54.9 Å². The molecule has 0 fully saturated rings. The number of ether oxygens (including phenoxy) is 1. The van der Waals surface area contributed by atoms with Gasteiger partial charge < -0.3 is 14.9 Å². The number of esters is 1. The number of aliphatic carboxylic acids is 2. The lowest BCUT2D eigenvalue weighted by atomic mass is 10.2. The van der Waals surface area contributed by atoms with Crippen molar-refractivity contribution in [2.45, 2.75) is 19.4 Å². The summed E-state index contributed by atoms with van der Waals surface area (Å²) in [5.41, 5.74) is 0. The van der Waals surface area contributed by atoms with Gasteiger partial charge in [0.1, 0.15) is 6.04 Å². The summed E-state index contributed by atoms with van der Waals surface area (Å²) in [5.74, 6) is -5.25. The summed E-state index contributed by atoms with van der Waals surface area (Å²) >= 11 is 0. The minimum Gasteiger partial charge on any atom is -0.481 e. The lowest BCUT2D eigenvalue weighted by molar-refractivity contribution is -0.145. The van der Waals surface area contributed by atoms with Crippen molar-refractivity contribution in [3.05, 3.63) is 0 Å². The lowest BCUT2D eigenvalue weighted by Crippen LogP contribution is -2.44. The van der Waals surface area contributed by atoms with Gasteiger partial charge in [-0.3, -0.25) is 14.4 Å². The van der Waals surface area contributed by atoms with Crippen molar-refractivity contribution in [1.82, 2.24) is 4.72 Å². The number of hydrogen-bond donors (Lipinski definition) is 3. The number of rotatable bonds is 8. The zero-order valence-corrected chi connectivity index (χ0v) is 10.3. The monoisotopic (exact) mass is 283 g/mol. The first-order valence-corrected chi connectivity index (χ1v) is 6.43. The van der Waals surface area contributed by atoms with Crippen molar-refractivity contribution in [2.24, 2.45) is 0 Å². The zero-order valence-electron chi connectivity index (χ0n) is 9.45. The van der Waals surface area contributed by atoms with Crippen LogP contribution < -0.4 is 4.72 Å². The van der Waals surface area contributed by atoms with Crippen LogP contribution in [0.1, 0.15) is 13.3 Å². The van der Waals surface area contributed by atoms with E-state index in [0.29, 0.717) is 0 Å². The van der Waals surface area contributed by atoms with Gasteiger partial charge in [-0.25, -0.2) is 8.42 Å². The number of carbonyl (C=O) groups is 3. The van der Waals surface area contributed by atoms with Crippen molar-refractivity contribution in [2.75, 3.05) is 12.4 Å². The third kappa shape index (κ3) is 6.81. The van der Waals surface area contributed by atoms with E-state index < -0.39 is 46.1 Å². The highest BCUT2D eigenvalue weighted by Crippen LogP contribution is 1.98. The third-order valence-corrected chi connectivity index (χ3v) is 2.87. The maximum atomic E-state index is 11.3. The molecule has 0 aliphatic heterocycles. The van der Waals surface area contributed by atoms with Gasteiger partial charge in [0.05, 0.1) is 13.0 Å². The van der Waals surface area contributed by atoms with Crippen LogP contribution in [0.4, 0.5) is 0 Å². The molecule has 0 rings (SSSR count). The average molecular weight is 283 g/mol. The first-order valence-electron chi connectivity index (χ1n) is 4.78. The number of carbonyl (C=O) groups excluding carboxylic acids is 1. The van der Waals surface area contributed by atoms with Gasteiger partial charge in [0.15, 0.2) is 5.75 Å². The Labute approximate surface area is 103 Å². The molecule has 0 radical (unpaired) electrons. The van der Waals surface area contributed by atoms with Crippen LogP contribution >= 0.6 is 0 Å². The van der Waals surface area contributed by atoms with Gasteiger partial charge in [-0.2, -0.15) is 4.72 Å². The standard InChI is InChI=1S/C8H13NO8S/c1-2-17-7(12)4-18(15,16)9-5(8(13)14)3-6(10)11/h5,9H,2-4H2,1H3,(H,10,11)(H,13,14). The molecule has 0 aliphatic carbocycles. The molecule has 0 saturated heterocycles. The fourth-order valence-electron chi connectivity index (χ4n) is 0.970. The Balaban J connectivity index is 4.66. The second-order valence-corrected chi connectivity index (χ2v) is 4.92. The lowest BCUT2D eigenvalue weighted by Gasteiger charge is -2.12. The molecule has 0 aromatic rings. The van der Waals surface area contributed by atoms with E-state index in [0.717, 1.165) is 0 Å². The molecule has 0 aromatic carbocycles. The SMILES string of the molecule is CCOC(=O)CS(=O)(=O)NC(CC(=O)O)C(=O)O. The predicted octanol–water partition coefficient (Wildman–Crippen LogP) is -1.60. The van der Waals surface area contributed by atoms with Gasteiger partial charge in [0.2, 0.25) is 10.0 Å². The molecule has 18 heavy (non-hydrogen) atoms. The molecule has 10 heteroatoms. The van der Waals surface area contributed by atoms with E-state index in [2.05, 4.69) is 4.74 Å². The van der Waals surface area contributed by atoms with Crippen LogP contribution in [0.25, 0.3) is 0 Å². The molecule has 0 aliphatic rings. The van der Waals surface area contributed by atoms with E-state index in [-0.39, 0.29) is 6.61 Å². The van der Waals surface area contributed by atoms with Crippen LogP contribution in [0, 0.1) is 0 Å². The molecule has 0 spiro atoms. The Morgan fingerprint density at radius 2 is 1.83 bits per heavy atom. The van der Waals surface area contributed by atoms with Gasteiger partial charge >= 0.3 is 17.9 Å². The number of sulfonamides is 1. The van der Waals surface area contributed by atoms with Gasteiger partial charge in [-0.1, -0.05) is 0 Å². The van der Waals surface area contributed by atoms with E-state index >= 15 is 0 Å². The smallest absolute Gasteiger partial charge is 0.322 e. The summed E-state index contributed by atoms with van der Waals surface area (Å²) in [6.07, 6.45) is -0.933. The average Bonchev–Trinajstić information content (AvgIpc) is 2.14. The van der Waals surface area contributed by atoms with Crippen LogP contribution in [0.5, 0.6) is 0 Å². The van der Waals surface area contributed by atoms with Crippen molar-refractivity contribution in [3.8, 4) is 0 Å². The highest BCUT2D eigenvalue weighted by Gasteiger charge is 2.28. The van der Waals surface area contributed by atoms with Crippen LogP contribution in [0.3, 0.4) is 0 Å². The molecule has 0 aromatic heterocycles. The number of nitrogens with one attached hydrogen (secondary N) is 1. The molecule has 0 bridgehead atoms. The van der Waals surface area contributed by atoms with Crippen molar-refractivity contribution in [1.29, 1.82) is 0 Å². The molecule has 0 heterocycles. The summed E-state index contributed by atoms with van der Waals surface area (Å²) in [6.45, 7) is 1.45. The number of carboxylic acids is 2. The van der Waals surface area contributed by atoms with E-state index in [4.69, 9.17) is 10.2 Å². The highest BCUT2D eigenvalue weighted by atomic mass is 32.2. The van der Waals surface area contributed by atoms with Crippen LogP contribution in [0.15, 0.2) is 0 Å². The molecular weight excluding hydrogens is 270 g/mol. The number of carboxylic acid groups (broad SMARTS) is 2. The summed E-state index contributed by atoms with van der Waals surface area (Å²) in [5, 5.41) is 17.0. The maximum absolute atomic E-state index is 11.3. The molecule has 9 nitrogen and oxygen atoms in total. The maximum Gasteiger partial charge on any atom is 0.322 e. The molecule has 0 amide bonds. The largest absolute Gasteiger partial charge is 0.481 e. The first-order chi connectivity index (χ1) is 8.18. The topological polar surface area (TPSA) is 147 Å². The summed E-state index contributed by atoms with van der Waals surface area (Å²) < 4.78 is 28.7. The zero-order chi connectivity index (χ0) is 14.3. The molecule has 1 atom stereocenters. The fraction of sp³-hybridized carbons (Fsp3) is 0.625. The van der Waals surface area contributed by atoms with E-state index in [9.17, 15) is 22.8 Å². The molecular formula is C8H13NO8S. The Morgan fingerprint density at radius 3 is 2.22 bits per heavy atom. The van der Waals surface area contributed by atoms with Crippen molar-refractivity contribution < 1.29 is 37.8 Å². The minimum absolute atomic E-state index is 0.0220. The summed E-state index contributed by atoms with van der Waals surface area (Å²) in [7, 11) is -4.26. The molecule has 3 N–H and O–H groups in total. The van der Waals surface area contributed by atoms with E-state index in [1.165, 1.54) is 6.92 Å². The first kappa shape index (κ1) is 16.3. The normalized spacial score (nSPS) is 12.7. The van der Waals surface area contributed by atoms with E-state index in [1.54, 1.807) is 4.72 Å². The second-order valence-electron chi connectivity index (χ2n) is 3.17. The Bertz CT molecular complexity index is 428. The predicted molar refractivity (Wildman–Crippen MR) is 57.2 cm³/mol. The fourth-order valence-corrected chi connectivity index (χ4v) is 2.06. The second kappa shape index (κ2) is 6.91. The Morgan fingerprint density at radius 1 is 1.28 bits per heavy atom. The molecule has 104 valence electrons. The Hall–Kier alpha value is -1.68. The van der Waals surface area contributed by atoms with E-state index in [1.807, 2.05) is 0 Å². The van der Waals surface area contributed by atoms with Crippen molar-refractivity contribution in [3.63, 3.8) is 0 Å². The van der Waals surface area contributed by atoms with Crippen LogP contribution in [0.2, 0.25) is 0 Å². The van der Waals surface area contributed by atoms with Gasteiger partial charge in [-0.15, -0.1) is 0 Å². The van der Waals surface area contributed by atoms with Gasteiger partial charge in [-0.05, 0) is 6.92 Å². The Kier molecular flexibility index (Phi) is 6.27. The van der Waals surface area contributed by atoms with Gasteiger partial charge in [0, 0.05) is 0 Å². The van der Waals surface area contributed by atoms with Crippen molar-refractivity contribution >= 4 is 27.9 Å². The minimum atomic E-state index is -4.26. The highest BCUT2D eigenvalue weighted by molar-refractivity contribution is 7.90. The van der Waals surface area contributed by atoms with Crippen LogP contribution in [-0.2, 0) is 29.1 Å². The summed E-state index contributed by atoms with van der Waals surface area (Å²) in [6, 6.07) is -1.83. The quantitative estimate of drug-likeness (QED) is 0.451. The molecule has 0 saturated carbocycles.